The van der Waals surface area contributed by atoms with Gasteiger partial charge < -0.3 is 4.74 Å². The number of hydrogen-bond donors (Lipinski definition) is 0. The molecule has 0 aliphatic carbocycles. The van der Waals surface area contributed by atoms with E-state index in [2.05, 4.69) is 4.74 Å². The molecular formula is C9H9FO2. The first-order chi connectivity index (χ1) is 5.65. The topological polar surface area (TPSA) is 26.3 Å². The Morgan fingerprint density at radius 1 is 1.50 bits per heavy atom. The van der Waals surface area contributed by atoms with Crippen molar-refractivity contribution >= 4 is 5.97 Å². The molecule has 2 nitrogen and oxygen atoms in total. The molecule has 0 aliphatic heterocycles. The van der Waals surface area contributed by atoms with Gasteiger partial charge in [0.05, 0.1) is 12.7 Å². The average Bonchev–Trinajstić information content (AvgIpc) is 2.08. The van der Waals surface area contributed by atoms with Crippen LogP contribution in [0.5, 0.6) is 0 Å². The first-order valence-corrected chi connectivity index (χ1v) is 3.49. The fourth-order valence-corrected chi connectivity index (χ4v) is 0.905. The molecule has 0 saturated carbocycles. The van der Waals surface area contributed by atoms with E-state index in [1.165, 1.54) is 19.2 Å². The lowest BCUT2D eigenvalue weighted by Crippen LogP contribution is -2.04. The van der Waals surface area contributed by atoms with Crippen molar-refractivity contribution in [3.05, 3.63) is 35.1 Å². The summed E-state index contributed by atoms with van der Waals surface area (Å²) >= 11 is 0. The standard InChI is InChI=1S/C9H9FO2/c1-6-3-4-8(10)7(5-6)9(11)12-2/h3-5H,1-2H3. The van der Waals surface area contributed by atoms with Crippen molar-refractivity contribution < 1.29 is 13.9 Å². The first kappa shape index (κ1) is 8.71. The molecule has 12 heavy (non-hydrogen) atoms. The summed E-state index contributed by atoms with van der Waals surface area (Å²) in [5, 5.41) is 0. The van der Waals surface area contributed by atoms with E-state index in [1.54, 1.807) is 13.0 Å². The Balaban J connectivity index is 3.13. The van der Waals surface area contributed by atoms with Gasteiger partial charge in [-0.05, 0) is 19.1 Å². The van der Waals surface area contributed by atoms with Crippen molar-refractivity contribution in [3.63, 3.8) is 0 Å². The van der Waals surface area contributed by atoms with Gasteiger partial charge in [0.2, 0.25) is 0 Å². The van der Waals surface area contributed by atoms with Crippen molar-refractivity contribution in [1.82, 2.24) is 0 Å². The molecule has 3 heteroatoms. The number of esters is 1. The Kier molecular flexibility index (Phi) is 2.43. The van der Waals surface area contributed by atoms with Crippen LogP contribution in [0.3, 0.4) is 0 Å². The second kappa shape index (κ2) is 3.34. The molecule has 1 aromatic rings. The summed E-state index contributed by atoms with van der Waals surface area (Å²) in [5.41, 5.74) is 0.814. The third-order valence-corrected chi connectivity index (χ3v) is 1.53. The minimum Gasteiger partial charge on any atom is -0.465 e. The maximum Gasteiger partial charge on any atom is 0.340 e. The van der Waals surface area contributed by atoms with Gasteiger partial charge in [-0.1, -0.05) is 11.6 Å². The Hall–Kier alpha value is -1.38. The van der Waals surface area contributed by atoms with Gasteiger partial charge in [0.15, 0.2) is 0 Å². The average molecular weight is 168 g/mol. The molecule has 1 rings (SSSR count). The molecule has 0 amide bonds. The Morgan fingerprint density at radius 3 is 2.75 bits per heavy atom. The highest BCUT2D eigenvalue weighted by atomic mass is 19.1. The number of carbonyl (C=O) groups excluding carboxylic acids is 1. The van der Waals surface area contributed by atoms with E-state index < -0.39 is 11.8 Å². The number of methoxy groups -OCH3 is 1. The van der Waals surface area contributed by atoms with Crippen LogP contribution < -0.4 is 0 Å². The van der Waals surface area contributed by atoms with E-state index in [0.29, 0.717) is 0 Å². The van der Waals surface area contributed by atoms with Gasteiger partial charge in [-0.2, -0.15) is 0 Å². The Labute approximate surface area is 70.0 Å². The fourth-order valence-electron chi connectivity index (χ4n) is 0.905. The second-order valence-electron chi connectivity index (χ2n) is 2.47. The number of ether oxygens (including phenoxy) is 1. The summed E-state index contributed by atoms with van der Waals surface area (Å²) < 4.78 is 17.3. The van der Waals surface area contributed by atoms with E-state index in [0.717, 1.165) is 5.56 Å². The molecule has 0 bridgehead atoms. The zero-order valence-corrected chi connectivity index (χ0v) is 6.93. The molecule has 1 aromatic carbocycles. The van der Waals surface area contributed by atoms with Gasteiger partial charge in [-0.15, -0.1) is 0 Å². The summed E-state index contributed by atoms with van der Waals surface area (Å²) in [4.78, 5) is 10.9. The zero-order valence-electron chi connectivity index (χ0n) is 6.93. The van der Waals surface area contributed by atoms with Crippen LogP contribution in [-0.2, 0) is 4.74 Å². The highest BCUT2D eigenvalue weighted by Crippen LogP contribution is 2.10. The molecule has 0 radical (unpaired) electrons. The Morgan fingerprint density at radius 2 is 2.17 bits per heavy atom. The summed E-state index contributed by atoms with van der Waals surface area (Å²) in [6, 6.07) is 4.31. The van der Waals surface area contributed by atoms with Gasteiger partial charge in [-0.3, -0.25) is 0 Å². The molecule has 0 heterocycles. The SMILES string of the molecule is COC(=O)c1cc(C)ccc1F. The van der Waals surface area contributed by atoms with E-state index >= 15 is 0 Å². The molecule has 0 aromatic heterocycles. The predicted molar refractivity (Wildman–Crippen MR) is 42.5 cm³/mol. The smallest absolute Gasteiger partial charge is 0.340 e. The van der Waals surface area contributed by atoms with Gasteiger partial charge >= 0.3 is 5.97 Å². The van der Waals surface area contributed by atoms with Gasteiger partial charge in [0.1, 0.15) is 5.82 Å². The summed E-state index contributed by atoms with van der Waals surface area (Å²) in [6.45, 7) is 1.78. The number of benzene rings is 1. The molecule has 0 aliphatic rings. The van der Waals surface area contributed by atoms with E-state index in [9.17, 15) is 9.18 Å². The van der Waals surface area contributed by atoms with Crippen LogP contribution in [0.1, 0.15) is 15.9 Å². The number of hydrogen-bond acceptors (Lipinski definition) is 2. The van der Waals surface area contributed by atoms with Crippen molar-refractivity contribution in [2.45, 2.75) is 6.92 Å². The van der Waals surface area contributed by atoms with Crippen LogP contribution in [0, 0.1) is 12.7 Å². The number of carbonyl (C=O) groups is 1. The normalized spacial score (nSPS) is 9.58. The molecule has 0 unspecified atom stereocenters. The van der Waals surface area contributed by atoms with Crippen LogP contribution in [-0.4, -0.2) is 13.1 Å². The summed E-state index contributed by atoms with van der Waals surface area (Å²) in [5.74, 6) is -1.19. The van der Waals surface area contributed by atoms with Crippen LogP contribution in [0.2, 0.25) is 0 Å². The molecule has 0 spiro atoms. The van der Waals surface area contributed by atoms with Gasteiger partial charge in [0.25, 0.3) is 0 Å². The first-order valence-electron chi connectivity index (χ1n) is 3.49. The fraction of sp³-hybridized carbons (Fsp3) is 0.222. The number of rotatable bonds is 1. The van der Waals surface area contributed by atoms with E-state index in [1.807, 2.05) is 0 Å². The minimum atomic E-state index is -0.642. The van der Waals surface area contributed by atoms with E-state index in [4.69, 9.17) is 0 Å². The Bertz CT molecular complexity index is 307. The lowest BCUT2D eigenvalue weighted by atomic mass is 10.1. The van der Waals surface area contributed by atoms with Gasteiger partial charge in [0, 0.05) is 0 Å². The number of aryl methyl sites for hydroxylation is 1. The highest BCUT2D eigenvalue weighted by molar-refractivity contribution is 5.89. The van der Waals surface area contributed by atoms with Crippen molar-refractivity contribution in [1.29, 1.82) is 0 Å². The van der Waals surface area contributed by atoms with Crippen molar-refractivity contribution in [3.8, 4) is 0 Å². The van der Waals surface area contributed by atoms with Crippen LogP contribution in [0.15, 0.2) is 18.2 Å². The third-order valence-electron chi connectivity index (χ3n) is 1.53. The van der Waals surface area contributed by atoms with Crippen molar-refractivity contribution in [2.24, 2.45) is 0 Å². The second-order valence-corrected chi connectivity index (χ2v) is 2.47. The minimum absolute atomic E-state index is 0.0162. The maximum atomic E-state index is 12.9. The van der Waals surface area contributed by atoms with E-state index in [-0.39, 0.29) is 5.56 Å². The summed E-state index contributed by atoms with van der Waals surface area (Å²) in [6.07, 6.45) is 0. The lowest BCUT2D eigenvalue weighted by molar-refractivity contribution is 0.0595. The summed E-state index contributed by atoms with van der Waals surface area (Å²) in [7, 11) is 1.23. The maximum absolute atomic E-state index is 12.9. The molecule has 0 atom stereocenters. The number of halogens is 1. The molecule has 0 saturated heterocycles. The molecular weight excluding hydrogens is 159 g/mol. The third kappa shape index (κ3) is 1.61. The van der Waals surface area contributed by atoms with Gasteiger partial charge in [-0.25, -0.2) is 9.18 Å². The monoisotopic (exact) mass is 168 g/mol. The van der Waals surface area contributed by atoms with Crippen LogP contribution in [0.25, 0.3) is 0 Å². The lowest BCUT2D eigenvalue weighted by Gasteiger charge is -2.01. The molecule has 0 fully saturated rings. The largest absolute Gasteiger partial charge is 0.465 e. The quantitative estimate of drug-likeness (QED) is 0.599. The predicted octanol–water partition coefficient (Wildman–Crippen LogP) is 1.92. The van der Waals surface area contributed by atoms with Crippen LogP contribution in [0.4, 0.5) is 4.39 Å². The van der Waals surface area contributed by atoms with Crippen molar-refractivity contribution in [2.75, 3.05) is 7.11 Å². The van der Waals surface area contributed by atoms with Crippen LogP contribution >= 0.6 is 0 Å². The zero-order chi connectivity index (χ0) is 9.14. The molecule has 0 N–H and O–H groups in total. The highest BCUT2D eigenvalue weighted by Gasteiger charge is 2.10. The molecule has 64 valence electrons.